The Morgan fingerprint density at radius 2 is 1.79 bits per heavy atom. The molecule has 0 aliphatic rings. The summed E-state index contributed by atoms with van der Waals surface area (Å²) in [7, 11) is 1.63. The molecular weight excluding hydrogens is 227 g/mol. The molecule has 0 fully saturated rings. The SMILES string of the molecule is O=S(=O)(Cl)CCCc1ccc(F)cc1. The van der Waals surface area contributed by atoms with E-state index in [-0.39, 0.29) is 11.6 Å². The minimum atomic E-state index is -3.40. The fraction of sp³-hybridized carbons (Fsp3) is 0.333. The predicted octanol–water partition coefficient (Wildman–Crippen LogP) is 2.33. The van der Waals surface area contributed by atoms with E-state index in [4.69, 9.17) is 10.7 Å². The number of benzene rings is 1. The van der Waals surface area contributed by atoms with Crippen LogP contribution in [0.3, 0.4) is 0 Å². The van der Waals surface area contributed by atoms with Gasteiger partial charge in [0.25, 0.3) is 0 Å². The highest BCUT2D eigenvalue weighted by atomic mass is 35.7. The summed E-state index contributed by atoms with van der Waals surface area (Å²) in [5.41, 5.74) is 0.909. The molecule has 14 heavy (non-hydrogen) atoms. The van der Waals surface area contributed by atoms with E-state index in [1.807, 2.05) is 0 Å². The van der Waals surface area contributed by atoms with Crippen LogP contribution in [0.4, 0.5) is 4.39 Å². The normalized spacial score (nSPS) is 11.6. The van der Waals surface area contributed by atoms with Crippen molar-refractivity contribution in [3.05, 3.63) is 35.6 Å². The van der Waals surface area contributed by atoms with Gasteiger partial charge in [0.15, 0.2) is 0 Å². The molecule has 0 amide bonds. The third-order valence-electron chi connectivity index (χ3n) is 1.77. The first-order valence-electron chi connectivity index (χ1n) is 4.14. The van der Waals surface area contributed by atoms with Gasteiger partial charge in [0.05, 0.1) is 5.75 Å². The molecule has 1 aromatic carbocycles. The summed E-state index contributed by atoms with van der Waals surface area (Å²) in [5, 5.41) is 0. The van der Waals surface area contributed by atoms with Crippen molar-refractivity contribution in [3.8, 4) is 0 Å². The molecule has 0 spiro atoms. The lowest BCUT2D eigenvalue weighted by atomic mass is 10.1. The van der Waals surface area contributed by atoms with Gasteiger partial charge in [0.2, 0.25) is 9.05 Å². The summed E-state index contributed by atoms with van der Waals surface area (Å²) in [4.78, 5) is 0. The van der Waals surface area contributed by atoms with Crippen molar-refractivity contribution in [2.24, 2.45) is 0 Å². The molecular formula is C9H10ClFO2S. The number of aryl methyl sites for hydroxylation is 1. The third kappa shape index (κ3) is 4.58. The van der Waals surface area contributed by atoms with Crippen LogP contribution in [-0.2, 0) is 15.5 Å². The minimum Gasteiger partial charge on any atom is -0.212 e. The fourth-order valence-electron chi connectivity index (χ4n) is 1.10. The van der Waals surface area contributed by atoms with E-state index < -0.39 is 9.05 Å². The highest BCUT2D eigenvalue weighted by molar-refractivity contribution is 8.13. The molecule has 0 aliphatic carbocycles. The molecule has 0 aromatic heterocycles. The maximum Gasteiger partial charge on any atom is 0.232 e. The second-order valence-electron chi connectivity index (χ2n) is 2.97. The van der Waals surface area contributed by atoms with Crippen LogP contribution in [0.15, 0.2) is 24.3 Å². The summed E-state index contributed by atoms with van der Waals surface area (Å²) in [6, 6.07) is 5.97. The van der Waals surface area contributed by atoms with Crippen LogP contribution < -0.4 is 0 Å². The van der Waals surface area contributed by atoms with Gasteiger partial charge in [-0.2, -0.15) is 0 Å². The summed E-state index contributed by atoms with van der Waals surface area (Å²) in [5.74, 6) is -0.343. The van der Waals surface area contributed by atoms with Gasteiger partial charge in [-0.15, -0.1) is 0 Å². The zero-order valence-electron chi connectivity index (χ0n) is 7.41. The Hall–Kier alpha value is -0.610. The zero-order valence-corrected chi connectivity index (χ0v) is 8.98. The first kappa shape index (κ1) is 11.5. The van der Waals surface area contributed by atoms with Crippen LogP contribution in [0.25, 0.3) is 0 Å². The molecule has 0 bridgehead atoms. The van der Waals surface area contributed by atoms with Gasteiger partial charge in [-0.05, 0) is 30.5 Å². The minimum absolute atomic E-state index is 0.0497. The first-order valence-corrected chi connectivity index (χ1v) is 6.62. The average molecular weight is 237 g/mol. The van der Waals surface area contributed by atoms with Crippen molar-refractivity contribution in [2.45, 2.75) is 12.8 Å². The van der Waals surface area contributed by atoms with Gasteiger partial charge in [-0.25, -0.2) is 12.8 Å². The van der Waals surface area contributed by atoms with E-state index >= 15 is 0 Å². The van der Waals surface area contributed by atoms with Gasteiger partial charge < -0.3 is 0 Å². The van der Waals surface area contributed by atoms with Crippen LogP contribution >= 0.6 is 10.7 Å². The van der Waals surface area contributed by atoms with Gasteiger partial charge in [0.1, 0.15) is 5.82 Å². The number of rotatable bonds is 4. The molecule has 1 rings (SSSR count). The van der Waals surface area contributed by atoms with Crippen molar-refractivity contribution in [1.82, 2.24) is 0 Å². The molecule has 0 unspecified atom stereocenters. The first-order chi connectivity index (χ1) is 6.47. The molecule has 0 saturated carbocycles. The van der Waals surface area contributed by atoms with Crippen LogP contribution in [0.1, 0.15) is 12.0 Å². The maximum absolute atomic E-state index is 12.5. The fourth-order valence-corrected chi connectivity index (χ4v) is 1.92. The molecule has 2 nitrogen and oxygen atoms in total. The lowest BCUT2D eigenvalue weighted by Gasteiger charge is -1.99. The second-order valence-corrected chi connectivity index (χ2v) is 5.87. The molecule has 1 aromatic rings. The number of hydrogen-bond donors (Lipinski definition) is 0. The Morgan fingerprint density at radius 1 is 1.21 bits per heavy atom. The highest BCUT2D eigenvalue weighted by Crippen LogP contribution is 2.07. The van der Waals surface area contributed by atoms with Gasteiger partial charge in [-0.1, -0.05) is 12.1 Å². The summed E-state index contributed by atoms with van der Waals surface area (Å²) in [6.45, 7) is 0. The van der Waals surface area contributed by atoms with Crippen molar-refractivity contribution in [3.63, 3.8) is 0 Å². The summed E-state index contributed by atoms with van der Waals surface area (Å²) < 4.78 is 33.6. The van der Waals surface area contributed by atoms with E-state index in [1.165, 1.54) is 12.1 Å². The van der Waals surface area contributed by atoms with Crippen molar-refractivity contribution in [1.29, 1.82) is 0 Å². The third-order valence-corrected chi connectivity index (χ3v) is 3.01. The van der Waals surface area contributed by atoms with Gasteiger partial charge in [-0.3, -0.25) is 0 Å². The molecule has 0 saturated heterocycles. The van der Waals surface area contributed by atoms with E-state index in [0.717, 1.165) is 5.56 Å². The van der Waals surface area contributed by atoms with Crippen molar-refractivity contribution >= 4 is 19.7 Å². The highest BCUT2D eigenvalue weighted by Gasteiger charge is 2.04. The van der Waals surface area contributed by atoms with Crippen LogP contribution in [0.5, 0.6) is 0 Å². The van der Waals surface area contributed by atoms with Crippen molar-refractivity contribution < 1.29 is 12.8 Å². The standard InChI is InChI=1S/C9H10ClFO2S/c10-14(12,13)7-1-2-8-3-5-9(11)6-4-8/h3-6H,1-2,7H2. The van der Waals surface area contributed by atoms with Gasteiger partial charge in [0, 0.05) is 10.7 Å². The van der Waals surface area contributed by atoms with E-state index in [1.54, 1.807) is 12.1 Å². The Bertz CT molecular complexity index is 386. The molecule has 0 atom stereocenters. The molecule has 78 valence electrons. The van der Waals surface area contributed by atoms with Crippen LogP contribution in [0, 0.1) is 5.82 Å². The van der Waals surface area contributed by atoms with E-state index in [9.17, 15) is 12.8 Å². The van der Waals surface area contributed by atoms with E-state index in [0.29, 0.717) is 12.8 Å². The molecule has 0 aliphatic heterocycles. The van der Waals surface area contributed by atoms with Gasteiger partial charge >= 0.3 is 0 Å². The predicted molar refractivity (Wildman–Crippen MR) is 54.4 cm³/mol. The van der Waals surface area contributed by atoms with Crippen LogP contribution in [0.2, 0.25) is 0 Å². The lowest BCUT2D eigenvalue weighted by Crippen LogP contribution is -1.98. The zero-order chi connectivity index (χ0) is 10.6. The molecule has 5 heteroatoms. The van der Waals surface area contributed by atoms with Crippen LogP contribution in [-0.4, -0.2) is 14.2 Å². The Labute approximate surface area is 87.1 Å². The quantitative estimate of drug-likeness (QED) is 0.752. The monoisotopic (exact) mass is 236 g/mol. The smallest absolute Gasteiger partial charge is 0.212 e. The molecule has 0 heterocycles. The summed E-state index contributed by atoms with van der Waals surface area (Å²) >= 11 is 0. The Balaban J connectivity index is 2.43. The summed E-state index contributed by atoms with van der Waals surface area (Å²) in [6.07, 6.45) is 1.05. The molecule has 0 radical (unpaired) electrons. The average Bonchev–Trinajstić information content (AvgIpc) is 2.06. The second kappa shape index (κ2) is 4.75. The topological polar surface area (TPSA) is 34.1 Å². The number of hydrogen-bond acceptors (Lipinski definition) is 2. The largest absolute Gasteiger partial charge is 0.232 e. The maximum atomic E-state index is 12.5. The number of halogens is 2. The molecule has 0 N–H and O–H groups in total. The Morgan fingerprint density at radius 3 is 2.29 bits per heavy atom. The van der Waals surface area contributed by atoms with E-state index in [2.05, 4.69) is 0 Å². The Kier molecular flexibility index (Phi) is 3.89. The lowest BCUT2D eigenvalue weighted by molar-refractivity contribution is 0.606. The van der Waals surface area contributed by atoms with Crippen molar-refractivity contribution in [2.75, 3.05) is 5.75 Å².